The minimum Gasteiger partial charge on any atom is -0.496 e. The molecule has 2 aliphatic rings. The fraction of sp³-hybridized carbons (Fsp3) is 0.625. The lowest BCUT2D eigenvalue weighted by Gasteiger charge is -2.36. The smallest absolute Gasteiger partial charge is 0.123 e. The predicted molar refractivity (Wildman–Crippen MR) is 82.5 cm³/mol. The summed E-state index contributed by atoms with van der Waals surface area (Å²) in [6, 6.07) is 6.45. The van der Waals surface area contributed by atoms with Crippen LogP contribution in [0, 0.1) is 5.92 Å². The van der Waals surface area contributed by atoms with Crippen molar-refractivity contribution in [1.29, 1.82) is 0 Å². The molecule has 1 N–H and O–H groups in total. The molecule has 0 bridgehead atoms. The minimum atomic E-state index is 0.443. The molecule has 0 aromatic heterocycles. The molecule has 4 heteroatoms. The van der Waals surface area contributed by atoms with Crippen LogP contribution in [0.1, 0.15) is 30.9 Å². The summed E-state index contributed by atoms with van der Waals surface area (Å²) < 4.78 is 5.57. The Labute approximate surface area is 126 Å². The van der Waals surface area contributed by atoms with Crippen LogP contribution in [0.3, 0.4) is 0 Å². The second-order valence-electron chi connectivity index (χ2n) is 5.87. The molecule has 0 amide bonds. The number of hydrogen-bond donors (Lipinski definition) is 1. The molecule has 1 heterocycles. The van der Waals surface area contributed by atoms with Gasteiger partial charge in [0, 0.05) is 42.8 Å². The van der Waals surface area contributed by atoms with Gasteiger partial charge in [-0.25, -0.2) is 0 Å². The highest BCUT2D eigenvalue weighted by molar-refractivity contribution is 6.30. The highest BCUT2D eigenvalue weighted by Gasteiger charge is 2.32. The predicted octanol–water partition coefficient (Wildman–Crippen LogP) is 3.10. The molecule has 1 aromatic carbocycles. The van der Waals surface area contributed by atoms with Gasteiger partial charge in [0.05, 0.1) is 7.11 Å². The van der Waals surface area contributed by atoms with Crippen molar-refractivity contribution in [2.75, 3.05) is 33.3 Å². The molecule has 110 valence electrons. The summed E-state index contributed by atoms with van der Waals surface area (Å²) in [5, 5.41) is 4.23. The van der Waals surface area contributed by atoms with Crippen LogP contribution in [-0.4, -0.2) is 38.2 Å². The molecular formula is C16H23ClN2O. The quantitative estimate of drug-likeness (QED) is 0.903. The van der Waals surface area contributed by atoms with Gasteiger partial charge in [0.1, 0.15) is 5.75 Å². The van der Waals surface area contributed by atoms with E-state index in [1.165, 1.54) is 24.8 Å². The Balaban J connectivity index is 1.88. The molecule has 1 saturated heterocycles. The number of halogens is 1. The Hall–Kier alpha value is -0.770. The Bertz CT molecular complexity index is 456. The van der Waals surface area contributed by atoms with Gasteiger partial charge in [0.2, 0.25) is 0 Å². The summed E-state index contributed by atoms with van der Waals surface area (Å²) in [7, 11) is 1.75. The standard InChI is InChI=1S/C16H23ClN2O/c1-20-16-5-4-13(17)11-14(16)15(10-12-2-3-12)19-8-6-18-7-9-19/h4-5,11-12,15,18H,2-3,6-10H2,1H3/t15-/m1/s1. The number of ether oxygens (including phenoxy) is 1. The molecule has 0 unspecified atom stereocenters. The van der Waals surface area contributed by atoms with Crippen LogP contribution in [0.25, 0.3) is 0 Å². The zero-order valence-electron chi connectivity index (χ0n) is 12.1. The second kappa shape index (κ2) is 6.33. The van der Waals surface area contributed by atoms with E-state index < -0.39 is 0 Å². The van der Waals surface area contributed by atoms with Crippen molar-refractivity contribution in [3.63, 3.8) is 0 Å². The molecule has 1 saturated carbocycles. The Kier molecular flexibility index (Phi) is 4.49. The van der Waals surface area contributed by atoms with Gasteiger partial charge in [-0.3, -0.25) is 4.90 Å². The van der Waals surface area contributed by atoms with E-state index in [1.54, 1.807) is 7.11 Å². The average Bonchev–Trinajstić information content (AvgIpc) is 3.30. The third-order valence-corrected chi connectivity index (χ3v) is 4.63. The molecule has 1 aliphatic heterocycles. The average molecular weight is 295 g/mol. The molecule has 3 rings (SSSR count). The van der Waals surface area contributed by atoms with Crippen LogP contribution >= 0.6 is 11.6 Å². The lowest BCUT2D eigenvalue weighted by molar-refractivity contribution is 0.158. The molecule has 1 atom stereocenters. The molecule has 1 aromatic rings. The molecular weight excluding hydrogens is 272 g/mol. The number of benzene rings is 1. The molecule has 3 nitrogen and oxygen atoms in total. The van der Waals surface area contributed by atoms with Crippen molar-refractivity contribution in [1.82, 2.24) is 10.2 Å². The lowest BCUT2D eigenvalue weighted by Crippen LogP contribution is -2.45. The normalized spacial score (nSPS) is 21.7. The maximum absolute atomic E-state index is 6.22. The number of rotatable bonds is 5. The highest BCUT2D eigenvalue weighted by Crippen LogP contribution is 2.43. The van der Waals surface area contributed by atoms with Crippen LogP contribution in [-0.2, 0) is 0 Å². The topological polar surface area (TPSA) is 24.5 Å². The first-order valence-electron chi connectivity index (χ1n) is 7.56. The number of hydrogen-bond acceptors (Lipinski definition) is 3. The van der Waals surface area contributed by atoms with Gasteiger partial charge in [-0.2, -0.15) is 0 Å². The van der Waals surface area contributed by atoms with Crippen molar-refractivity contribution in [2.24, 2.45) is 5.92 Å². The monoisotopic (exact) mass is 294 g/mol. The lowest BCUT2D eigenvalue weighted by atomic mass is 9.97. The van der Waals surface area contributed by atoms with Gasteiger partial charge in [-0.1, -0.05) is 24.4 Å². The second-order valence-corrected chi connectivity index (χ2v) is 6.30. The SMILES string of the molecule is COc1ccc(Cl)cc1[C@@H](CC1CC1)N1CCNCC1. The van der Waals surface area contributed by atoms with E-state index in [-0.39, 0.29) is 0 Å². The van der Waals surface area contributed by atoms with E-state index in [0.717, 1.165) is 42.9 Å². The summed E-state index contributed by atoms with van der Waals surface area (Å²) in [5.74, 6) is 1.86. The first-order chi connectivity index (χ1) is 9.78. The van der Waals surface area contributed by atoms with Crippen molar-refractivity contribution < 1.29 is 4.74 Å². The maximum Gasteiger partial charge on any atom is 0.123 e. The van der Waals surface area contributed by atoms with Crippen molar-refractivity contribution in [3.8, 4) is 5.75 Å². The number of methoxy groups -OCH3 is 1. The van der Waals surface area contributed by atoms with Gasteiger partial charge in [0.25, 0.3) is 0 Å². The highest BCUT2D eigenvalue weighted by atomic mass is 35.5. The van der Waals surface area contributed by atoms with E-state index >= 15 is 0 Å². The first kappa shape index (κ1) is 14.2. The minimum absolute atomic E-state index is 0.443. The van der Waals surface area contributed by atoms with Gasteiger partial charge in [-0.15, -0.1) is 0 Å². The van der Waals surface area contributed by atoms with Gasteiger partial charge in [-0.05, 0) is 30.5 Å². The fourth-order valence-corrected chi connectivity index (χ4v) is 3.28. The number of piperazine rings is 1. The summed E-state index contributed by atoms with van der Waals surface area (Å²) in [5.41, 5.74) is 1.26. The van der Waals surface area contributed by atoms with Crippen LogP contribution < -0.4 is 10.1 Å². The molecule has 0 radical (unpaired) electrons. The van der Waals surface area contributed by atoms with Crippen molar-refractivity contribution >= 4 is 11.6 Å². The van der Waals surface area contributed by atoms with E-state index in [2.05, 4.69) is 16.3 Å². The van der Waals surface area contributed by atoms with Crippen molar-refractivity contribution in [3.05, 3.63) is 28.8 Å². The van der Waals surface area contributed by atoms with Crippen LogP contribution in [0.5, 0.6) is 5.75 Å². The Morgan fingerprint density at radius 2 is 2.10 bits per heavy atom. The van der Waals surface area contributed by atoms with E-state index in [4.69, 9.17) is 16.3 Å². The zero-order valence-corrected chi connectivity index (χ0v) is 12.8. The molecule has 1 aliphatic carbocycles. The first-order valence-corrected chi connectivity index (χ1v) is 7.94. The number of nitrogens with zero attached hydrogens (tertiary/aromatic N) is 1. The van der Waals surface area contributed by atoms with E-state index in [1.807, 2.05) is 12.1 Å². The molecule has 0 spiro atoms. The number of nitrogens with one attached hydrogen (secondary N) is 1. The summed E-state index contributed by atoms with van der Waals surface area (Å²) in [6.07, 6.45) is 3.99. The fourth-order valence-electron chi connectivity index (χ4n) is 3.10. The Morgan fingerprint density at radius 1 is 1.35 bits per heavy atom. The van der Waals surface area contributed by atoms with E-state index in [0.29, 0.717) is 6.04 Å². The van der Waals surface area contributed by atoms with Crippen LogP contribution in [0.2, 0.25) is 5.02 Å². The maximum atomic E-state index is 6.22. The van der Waals surface area contributed by atoms with Gasteiger partial charge < -0.3 is 10.1 Å². The summed E-state index contributed by atoms with van der Waals surface area (Å²) in [6.45, 7) is 4.36. The Morgan fingerprint density at radius 3 is 2.75 bits per heavy atom. The van der Waals surface area contributed by atoms with E-state index in [9.17, 15) is 0 Å². The third-order valence-electron chi connectivity index (χ3n) is 4.40. The zero-order chi connectivity index (χ0) is 13.9. The van der Waals surface area contributed by atoms with Gasteiger partial charge in [0.15, 0.2) is 0 Å². The summed E-state index contributed by atoms with van der Waals surface area (Å²) >= 11 is 6.22. The van der Waals surface area contributed by atoms with Crippen LogP contribution in [0.15, 0.2) is 18.2 Å². The van der Waals surface area contributed by atoms with Crippen LogP contribution in [0.4, 0.5) is 0 Å². The molecule has 2 fully saturated rings. The largest absolute Gasteiger partial charge is 0.496 e. The summed E-state index contributed by atoms with van der Waals surface area (Å²) in [4.78, 5) is 2.59. The van der Waals surface area contributed by atoms with Crippen molar-refractivity contribution in [2.45, 2.75) is 25.3 Å². The third kappa shape index (κ3) is 3.27. The van der Waals surface area contributed by atoms with Gasteiger partial charge >= 0.3 is 0 Å². The molecule has 20 heavy (non-hydrogen) atoms.